The largest absolute Gasteiger partial charge is 0.306 e. The van der Waals surface area contributed by atoms with Crippen LogP contribution in [0.25, 0.3) is 0 Å². The molecular weight excluding hydrogens is 388 g/mol. The molecule has 0 unspecified atom stereocenters. The van der Waals surface area contributed by atoms with Gasteiger partial charge in [0.15, 0.2) is 9.84 Å². The number of anilines is 1. The zero-order valence-electron chi connectivity index (χ0n) is 13.8. The Hall–Kier alpha value is -1.63. The minimum absolute atomic E-state index is 0.0237. The van der Waals surface area contributed by atoms with E-state index in [1.165, 1.54) is 35.2 Å². The molecule has 0 bridgehead atoms. The summed E-state index contributed by atoms with van der Waals surface area (Å²) in [5.74, 6) is -1.26. The van der Waals surface area contributed by atoms with Gasteiger partial charge in [0.25, 0.3) is 5.91 Å². The third kappa shape index (κ3) is 4.32. The van der Waals surface area contributed by atoms with Gasteiger partial charge in [0.1, 0.15) is 5.82 Å². The Bertz CT molecular complexity index is 912. The second-order valence-corrected chi connectivity index (χ2v) is 8.61. The molecule has 0 aromatic heterocycles. The highest BCUT2D eigenvalue weighted by molar-refractivity contribution is 7.90. The first-order valence-corrected chi connectivity index (χ1v) is 9.95. The van der Waals surface area contributed by atoms with Gasteiger partial charge in [-0.25, -0.2) is 12.8 Å². The molecular formula is C17H16Cl2FNO3S. The molecule has 2 aromatic carbocycles. The number of rotatable bonds is 4. The highest BCUT2D eigenvalue weighted by atomic mass is 35.5. The molecule has 0 radical (unpaired) electrons. The van der Waals surface area contributed by atoms with Crippen molar-refractivity contribution >= 4 is 44.6 Å². The van der Waals surface area contributed by atoms with E-state index in [0.29, 0.717) is 5.69 Å². The quantitative estimate of drug-likeness (QED) is 0.701. The lowest BCUT2D eigenvalue weighted by Gasteiger charge is -2.27. The Morgan fingerprint density at radius 2 is 1.64 bits per heavy atom. The van der Waals surface area contributed by atoms with Gasteiger partial charge in [-0.05, 0) is 50.2 Å². The van der Waals surface area contributed by atoms with Crippen molar-refractivity contribution in [2.45, 2.75) is 24.8 Å². The molecule has 2 aromatic rings. The van der Waals surface area contributed by atoms with Crippen LogP contribution in [0.5, 0.6) is 0 Å². The highest BCUT2D eigenvalue weighted by Crippen LogP contribution is 2.28. The number of hydrogen-bond donors (Lipinski definition) is 0. The van der Waals surface area contributed by atoms with Crippen molar-refractivity contribution in [3.63, 3.8) is 0 Å². The second-order valence-electron chi connectivity index (χ2n) is 5.78. The summed E-state index contributed by atoms with van der Waals surface area (Å²) in [5.41, 5.74) is 0.447. The maximum atomic E-state index is 13.7. The standard InChI is InChI=1S/C17H16Cl2FNO3S/c1-10(2)21(11-4-6-12(7-5-11)25(3,23)24)17(22)13-8-16(20)15(19)9-14(13)18/h4-10H,1-3H3. The fraction of sp³-hybridized carbons (Fsp3) is 0.235. The molecule has 0 aliphatic carbocycles. The maximum absolute atomic E-state index is 13.7. The van der Waals surface area contributed by atoms with E-state index in [0.717, 1.165) is 12.3 Å². The number of carbonyl (C=O) groups excluding carboxylic acids is 1. The Labute approximate surface area is 156 Å². The van der Waals surface area contributed by atoms with Crippen LogP contribution in [-0.2, 0) is 9.84 Å². The first-order chi connectivity index (χ1) is 11.5. The number of sulfone groups is 1. The van der Waals surface area contributed by atoms with Crippen molar-refractivity contribution < 1.29 is 17.6 Å². The molecule has 134 valence electrons. The van der Waals surface area contributed by atoms with Crippen LogP contribution in [0.4, 0.5) is 10.1 Å². The van der Waals surface area contributed by atoms with Crippen molar-refractivity contribution in [3.8, 4) is 0 Å². The van der Waals surface area contributed by atoms with Gasteiger partial charge in [0, 0.05) is 18.0 Å². The molecule has 1 amide bonds. The molecule has 0 saturated carbocycles. The molecule has 0 fully saturated rings. The summed E-state index contributed by atoms with van der Waals surface area (Å²) in [7, 11) is -3.34. The third-order valence-corrected chi connectivity index (χ3v) is 5.25. The van der Waals surface area contributed by atoms with E-state index in [1.54, 1.807) is 13.8 Å². The van der Waals surface area contributed by atoms with Crippen LogP contribution in [-0.4, -0.2) is 26.6 Å². The molecule has 0 saturated heterocycles. The van der Waals surface area contributed by atoms with E-state index in [4.69, 9.17) is 23.2 Å². The maximum Gasteiger partial charge on any atom is 0.260 e. The SMILES string of the molecule is CC(C)N(C(=O)c1cc(F)c(Cl)cc1Cl)c1ccc(S(C)(=O)=O)cc1. The van der Waals surface area contributed by atoms with Crippen molar-refractivity contribution in [1.29, 1.82) is 0 Å². The minimum atomic E-state index is -3.34. The summed E-state index contributed by atoms with van der Waals surface area (Å²) in [4.78, 5) is 14.4. The molecule has 8 heteroatoms. The van der Waals surface area contributed by atoms with Crippen molar-refractivity contribution in [3.05, 3.63) is 57.8 Å². The van der Waals surface area contributed by atoms with Crippen LogP contribution < -0.4 is 4.90 Å². The smallest absolute Gasteiger partial charge is 0.260 e. The van der Waals surface area contributed by atoms with Crippen molar-refractivity contribution in [1.82, 2.24) is 0 Å². The minimum Gasteiger partial charge on any atom is -0.306 e. The lowest BCUT2D eigenvalue weighted by molar-refractivity contribution is 0.0980. The fourth-order valence-electron chi connectivity index (χ4n) is 2.32. The van der Waals surface area contributed by atoms with Gasteiger partial charge in [-0.1, -0.05) is 23.2 Å². The number of halogens is 3. The fourth-order valence-corrected chi connectivity index (χ4v) is 3.41. The molecule has 0 N–H and O–H groups in total. The second kappa shape index (κ2) is 7.32. The summed E-state index contributed by atoms with van der Waals surface area (Å²) in [6.07, 6.45) is 1.10. The lowest BCUT2D eigenvalue weighted by Crippen LogP contribution is -2.37. The van der Waals surface area contributed by atoms with Gasteiger partial charge in [0.2, 0.25) is 0 Å². The van der Waals surface area contributed by atoms with E-state index >= 15 is 0 Å². The monoisotopic (exact) mass is 403 g/mol. The van der Waals surface area contributed by atoms with Crippen LogP contribution in [0.15, 0.2) is 41.3 Å². The van der Waals surface area contributed by atoms with Gasteiger partial charge >= 0.3 is 0 Å². The average molecular weight is 404 g/mol. The van der Waals surface area contributed by atoms with Crippen LogP contribution in [0, 0.1) is 5.82 Å². The zero-order chi connectivity index (χ0) is 18.9. The van der Waals surface area contributed by atoms with Gasteiger partial charge in [0.05, 0.1) is 20.5 Å². The van der Waals surface area contributed by atoms with Crippen molar-refractivity contribution in [2.75, 3.05) is 11.2 Å². The van der Waals surface area contributed by atoms with Crippen LogP contribution in [0.2, 0.25) is 10.0 Å². The van der Waals surface area contributed by atoms with Crippen molar-refractivity contribution in [2.24, 2.45) is 0 Å². The van der Waals surface area contributed by atoms with Crippen LogP contribution >= 0.6 is 23.2 Å². The molecule has 2 rings (SSSR count). The topological polar surface area (TPSA) is 54.5 Å². The van der Waals surface area contributed by atoms with E-state index in [2.05, 4.69) is 0 Å². The molecule has 25 heavy (non-hydrogen) atoms. The van der Waals surface area contributed by atoms with Gasteiger partial charge in [-0.3, -0.25) is 4.79 Å². The molecule has 0 atom stereocenters. The Kier molecular flexibility index (Phi) is 5.76. The number of nitrogens with zero attached hydrogens (tertiary/aromatic N) is 1. The predicted molar refractivity (Wildman–Crippen MR) is 97.9 cm³/mol. The summed E-state index contributed by atoms with van der Waals surface area (Å²) in [6.45, 7) is 3.56. The first-order valence-electron chi connectivity index (χ1n) is 7.30. The Morgan fingerprint density at radius 3 is 2.12 bits per heavy atom. The number of carbonyl (C=O) groups is 1. The van der Waals surface area contributed by atoms with Gasteiger partial charge < -0.3 is 4.90 Å². The van der Waals surface area contributed by atoms with E-state index in [9.17, 15) is 17.6 Å². The molecule has 4 nitrogen and oxygen atoms in total. The summed E-state index contributed by atoms with van der Waals surface area (Å²) >= 11 is 11.7. The third-order valence-electron chi connectivity index (χ3n) is 3.52. The van der Waals surface area contributed by atoms with Gasteiger partial charge in [-0.15, -0.1) is 0 Å². The van der Waals surface area contributed by atoms with E-state index < -0.39 is 21.6 Å². The summed E-state index contributed by atoms with van der Waals surface area (Å²) < 4.78 is 36.9. The molecule has 0 spiro atoms. The van der Waals surface area contributed by atoms with Gasteiger partial charge in [-0.2, -0.15) is 0 Å². The zero-order valence-corrected chi connectivity index (χ0v) is 16.1. The highest BCUT2D eigenvalue weighted by Gasteiger charge is 2.24. The molecule has 0 aliphatic rings. The van der Waals surface area contributed by atoms with E-state index in [1.807, 2.05) is 0 Å². The lowest BCUT2D eigenvalue weighted by atomic mass is 10.1. The predicted octanol–water partition coefficient (Wildman–Crippen LogP) is 4.59. The number of benzene rings is 2. The molecule has 0 aliphatic heterocycles. The molecule has 0 heterocycles. The van der Waals surface area contributed by atoms with E-state index in [-0.39, 0.29) is 26.5 Å². The Balaban J connectivity index is 2.48. The number of amides is 1. The summed E-state index contributed by atoms with van der Waals surface area (Å²) in [5, 5.41) is -0.134. The van der Waals surface area contributed by atoms with Crippen LogP contribution in [0.1, 0.15) is 24.2 Å². The number of hydrogen-bond acceptors (Lipinski definition) is 3. The first kappa shape index (κ1) is 19.7. The normalized spacial score (nSPS) is 11.6. The average Bonchev–Trinajstić information content (AvgIpc) is 2.50. The summed E-state index contributed by atoms with van der Waals surface area (Å²) in [6, 6.07) is 7.77. The van der Waals surface area contributed by atoms with Crippen LogP contribution in [0.3, 0.4) is 0 Å². The Morgan fingerprint density at radius 1 is 1.08 bits per heavy atom.